The number of amidine groups is 1. The zero-order valence-electron chi connectivity index (χ0n) is 7.73. The van der Waals surface area contributed by atoms with Gasteiger partial charge in [-0.15, -0.1) is 0 Å². The molecule has 0 amide bonds. The van der Waals surface area contributed by atoms with E-state index in [1.807, 2.05) is 26.8 Å². The van der Waals surface area contributed by atoms with Crippen molar-refractivity contribution in [3.05, 3.63) is 34.4 Å². The summed E-state index contributed by atoms with van der Waals surface area (Å²) in [6.45, 7) is 6.00. The number of benzene rings is 1. The van der Waals surface area contributed by atoms with Gasteiger partial charge in [0, 0.05) is 5.56 Å². The van der Waals surface area contributed by atoms with E-state index in [0.717, 1.165) is 16.7 Å². The molecule has 12 heavy (non-hydrogen) atoms. The summed E-state index contributed by atoms with van der Waals surface area (Å²) in [5.74, 6) is 0.161. The fraction of sp³-hybridized carbons (Fsp3) is 0.300. The largest absolute Gasteiger partial charge is 0.384 e. The minimum absolute atomic E-state index is 0.161. The Morgan fingerprint density at radius 1 is 1.17 bits per heavy atom. The Morgan fingerprint density at radius 2 is 1.67 bits per heavy atom. The van der Waals surface area contributed by atoms with E-state index in [1.54, 1.807) is 0 Å². The predicted molar refractivity (Wildman–Crippen MR) is 51.7 cm³/mol. The zero-order valence-corrected chi connectivity index (χ0v) is 7.73. The molecule has 0 aromatic heterocycles. The lowest BCUT2D eigenvalue weighted by molar-refractivity contribution is 1.25. The van der Waals surface area contributed by atoms with Crippen molar-refractivity contribution in [3.63, 3.8) is 0 Å². The predicted octanol–water partition coefficient (Wildman–Crippen LogP) is 1.90. The molecular formula is C10H14N2. The fourth-order valence-corrected chi connectivity index (χ4v) is 1.37. The Hall–Kier alpha value is -1.31. The monoisotopic (exact) mass is 162 g/mol. The maximum absolute atomic E-state index is 7.39. The first-order valence-corrected chi connectivity index (χ1v) is 3.95. The van der Waals surface area contributed by atoms with Gasteiger partial charge in [0.2, 0.25) is 0 Å². The number of nitrogen functional groups attached to an aromatic ring is 1. The molecule has 0 saturated carbocycles. The molecule has 0 unspecified atom stereocenters. The minimum atomic E-state index is 0.161. The third kappa shape index (κ3) is 1.33. The van der Waals surface area contributed by atoms with Crippen LogP contribution in [0.25, 0.3) is 0 Å². The first kappa shape index (κ1) is 8.78. The van der Waals surface area contributed by atoms with E-state index < -0.39 is 0 Å². The van der Waals surface area contributed by atoms with Crippen LogP contribution < -0.4 is 5.73 Å². The lowest BCUT2D eigenvalue weighted by Crippen LogP contribution is -2.15. The zero-order chi connectivity index (χ0) is 9.30. The third-order valence-corrected chi connectivity index (χ3v) is 2.21. The molecule has 0 heterocycles. The van der Waals surface area contributed by atoms with Crippen molar-refractivity contribution in [2.75, 3.05) is 0 Å². The summed E-state index contributed by atoms with van der Waals surface area (Å²) in [4.78, 5) is 0. The van der Waals surface area contributed by atoms with Crippen LogP contribution >= 0.6 is 0 Å². The number of hydrogen-bond donors (Lipinski definition) is 2. The SMILES string of the molecule is Cc1ccc(C)c(C(=N)N)c1C. The van der Waals surface area contributed by atoms with E-state index in [4.69, 9.17) is 11.1 Å². The molecule has 64 valence electrons. The van der Waals surface area contributed by atoms with Gasteiger partial charge in [0.15, 0.2) is 0 Å². The molecular weight excluding hydrogens is 148 g/mol. The molecule has 3 N–H and O–H groups in total. The maximum Gasteiger partial charge on any atom is 0.123 e. The van der Waals surface area contributed by atoms with E-state index in [9.17, 15) is 0 Å². The van der Waals surface area contributed by atoms with Crippen molar-refractivity contribution in [3.8, 4) is 0 Å². The molecule has 1 aromatic carbocycles. The van der Waals surface area contributed by atoms with E-state index in [1.165, 1.54) is 5.56 Å². The molecule has 2 nitrogen and oxygen atoms in total. The number of hydrogen-bond acceptors (Lipinski definition) is 1. The quantitative estimate of drug-likeness (QED) is 0.481. The van der Waals surface area contributed by atoms with Gasteiger partial charge in [-0.05, 0) is 37.5 Å². The normalized spacial score (nSPS) is 9.92. The first-order chi connectivity index (χ1) is 5.54. The van der Waals surface area contributed by atoms with Crippen LogP contribution in [0.3, 0.4) is 0 Å². The van der Waals surface area contributed by atoms with Gasteiger partial charge in [0.25, 0.3) is 0 Å². The van der Waals surface area contributed by atoms with Crippen molar-refractivity contribution >= 4 is 5.84 Å². The van der Waals surface area contributed by atoms with Crippen LogP contribution in [-0.4, -0.2) is 5.84 Å². The smallest absolute Gasteiger partial charge is 0.123 e. The lowest BCUT2D eigenvalue weighted by Gasteiger charge is -2.09. The Labute approximate surface area is 72.9 Å². The lowest BCUT2D eigenvalue weighted by atomic mass is 9.98. The highest BCUT2D eigenvalue weighted by Crippen LogP contribution is 2.16. The van der Waals surface area contributed by atoms with Crippen molar-refractivity contribution in [1.29, 1.82) is 5.41 Å². The molecule has 0 spiro atoms. The standard InChI is InChI=1S/C10H14N2/c1-6-4-5-7(2)9(8(6)3)10(11)12/h4-5H,1-3H3,(H3,11,12). The van der Waals surface area contributed by atoms with Gasteiger partial charge in [-0.25, -0.2) is 0 Å². The van der Waals surface area contributed by atoms with Crippen LogP contribution in [0, 0.1) is 26.2 Å². The van der Waals surface area contributed by atoms with E-state index in [0.29, 0.717) is 0 Å². The summed E-state index contributed by atoms with van der Waals surface area (Å²) in [5, 5.41) is 7.39. The van der Waals surface area contributed by atoms with Crippen molar-refractivity contribution in [1.82, 2.24) is 0 Å². The highest BCUT2D eigenvalue weighted by Gasteiger charge is 2.06. The highest BCUT2D eigenvalue weighted by molar-refractivity contribution is 5.98. The number of aryl methyl sites for hydroxylation is 2. The Morgan fingerprint density at radius 3 is 2.08 bits per heavy atom. The average molecular weight is 162 g/mol. The number of rotatable bonds is 1. The van der Waals surface area contributed by atoms with Crippen LogP contribution in [0.15, 0.2) is 12.1 Å². The van der Waals surface area contributed by atoms with Crippen molar-refractivity contribution in [2.24, 2.45) is 5.73 Å². The Balaban J connectivity index is 3.43. The van der Waals surface area contributed by atoms with Gasteiger partial charge in [-0.1, -0.05) is 12.1 Å². The van der Waals surface area contributed by atoms with E-state index >= 15 is 0 Å². The molecule has 0 aliphatic rings. The number of nitrogens with one attached hydrogen (secondary N) is 1. The molecule has 1 rings (SSSR count). The second kappa shape index (κ2) is 2.97. The van der Waals surface area contributed by atoms with Gasteiger partial charge in [-0.3, -0.25) is 5.41 Å². The van der Waals surface area contributed by atoms with E-state index in [2.05, 4.69) is 6.07 Å². The van der Waals surface area contributed by atoms with Crippen molar-refractivity contribution in [2.45, 2.75) is 20.8 Å². The Bertz CT molecular complexity index is 327. The molecule has 0 radical (unpaired) electrons. The topological polar surface area (TPSA) is 49.9 Å². The second-order valence-electron chi connectivity index (χ2n) is 3.11. The highest BCUT2D eigenvalue weighted by atomic mass is 14.7. The third-order valence-electron chi connectivity index (χ3n) is 2.21. The van der Waals surface area contributed by atoms with Gasteiger partial charge in [0.05, 0.1) is 0 Å². The summed E-state index contributed by atoms with van der Waals surface area (Å²) in [6.07, 6.45) is 0. The molecule has 0 bridgehead atoms. The number of nitrogens with two attached hydrogens (primary N) is 1. The van der Waals surface area contributed by atoms with Gasteiger partial charge in [-0.2, -0.15) is 0 Å². The van der Waals surface area contributed by atoms with Gasteiger partial charge in [0.1, 0.15) is 5.84 Å². The van der Waals surface area contributed by atoms with Crippen LogP contribution in [0.4, 0.5) is 0 Å². The van der Waals surface area contributed by atoms with Crippen LogP contribution in [0.1, 0.15) is 22.3 Å². The van der Waals surface area contributed by atoms with Crippen LogP contribution in [0.2, 0.25) is 0 Å². The summed E-state index contributed by atoms with van der Waals surface area (Å²) >= 11 is 0. The van der Waals surface area contributed by atoms with Crippen LogP contribution in [0.5, 0.6) is 0 Å². The van der Waals surface area contributed by atoms with Crippen molar-refractivity contribution < 1.29 is 0 Å². The Kier molecular flexibility index (Phi) is 2.18. The summed E-state index contributed by atoms with van der Waals surface area (Å²) in [5.41, 5.74) is 9.73. The average Bonchev–Trinajstić information content (AvgIpc) is 1.97. The molecule has 0 saturated heterocycles. The maximum atomic E-state index is 7.39. The molecule has 0 aliphatic carbocycles. The summed E-state index contributed by atoms with van der Waals surface area (Å²) < 4.78 is 0. The molecule has 0 fully saturated rings. The minimum Gasteiger partial charge on any atom is -0.384 e. The van der Waals surface area contributed by atoms with Crippen LogP contribution in [-0.2, 0) is 0 Å². The second-order valence-corrected chi connectivity index (χ2v) is 3.11. The fourth-order valence-electron chi connectivity index (χ4n) is 1.37. The first-order valence-electron chi connectivity index (χ1n) is 3.95. The van der Waals surface area contributed by atoms with Gasteiger partial charge < -0.3 is 5.73 Å². The van der Waals surface area contributed by atoms with Gasteiger partial charge >= 0.3 is 0 Å². The van der Waals surface area contributed by atoms with E-state index in [-0.39, 0.29) is 5.84 Å². The summed E-state index contributed by atoms with van der Waals surface area (Å²) in [6, 6.07) is 4.05. The summed E-state index contributed by atoms with van der Waals surface area (Å²) in [7, 11) is 0. The molecule has 2 heteroatoms. The molecule has 0 aliphatic heterocycles. The molecule has 0 atom stereocenters. The molecule has 1 aromatic rings.